The molecule has 0 aromatic heterocycles. The average molecular weight is 250 g/mol. The highest BCUT2D eigenvalue weighted by atomic mass is 16.6. The van der Waals surface area contributed by atoms with Gasteiger partial charge in [-0.2, -0.15) is 5.26 Å². The Morgan fingerprint density at radius 2 is 2.22 bits per heavy atom. The summed E-state index contributed by atoms with van der Waals surface area (Å²) in [6, 6.07) is 2.02. The molecule has 1 N–H and O–H groups in total. The lowest BCUT2D eigenvalue weighted by molar-refractivity contribution is -0.167. The van der Waals surface area contributed by atoms with Gasteiger partial charge in [0.15, 0.2) is 0 Å². The van der Waals surface area contributed by atoms with Crippen molar-refractivity contribution in [2.24, 2.45) is 5.41 Å². The van der Waals surface area contributed by atoms with E-state index < -0.39 is 5.54 Å². The van der Waals surface area contributed by atoms with Crippen molar-refractivity contribution in [2.75, 3.05) is 0 Å². The second kappa shape index (κ2) is 4.55. The Bertz CT molecular complexity index is 380. The Morgan fingerprint density at radius 1 is 1.50 bits per heavy atom. The molecule has 1 heterocycles. The molecule has 1 aliphatic heterocycles. The van der Waals surface area contributed by atoms with Gasteiger partial charge < -0.3 is 4.74 Å². The predicted molar refractivity (Wildman–Crippen MR) is 67.7 cm³/mol. The minimum atomic E-state index is -0.651. The van der Waals surface area contributed by atoms with Crippen LogP contribution in [0.3, 0.4) is 0 Å². The van der Waals surface area contributed by atoms with Gasteiger partial charge in [-0.15, -0.1) is 0 Å². The van der Waals surface area contributed by atoms with Crippen LogP contribution in [0.25, 0.3) is 0 Å². The first kappa shape index (κ1) is 13.4. The van der Waals surface area contributed by atoms with Crippen LogP contribution < -0.4 is 5.32 Å². The van der Waals surface area contributed by atoms with Gasteiger partial charge in [0.05, 0.1) is 6.07 Å². The van der Waals surface area contributed by atoms with Crippen LogP contribution in [0, 0.1) is 16.7 Å². The SMILES string of the molecule is CC(C)(C)C[C@@H]1N[C@]2(C#N)CCCC[C@@H]2OC1=O. The van der Waals surface area contributed by atoms with Crippen LogP contribution in [0.1, 0.15) is 52.9 Å². The summed E-state index contributed by atoms with van der Waals surface area (Å²) in [5.41, 5.74) is -0.614. The topological polar surface area (TPSA) is 62.1 Å². The molecule has 18 heavy (non-hydrogen) atoms. The lowest BCUT2D eigenvalue weighted by Crippen LogP contribution is -2.66. The molecular formula is C14H22N2O2. The van der Waals surface area contributed by atoms with E-state index in [1.165, 1.54) is 0 Å². The van der Waals surface area contributed by atoms with Crippen LogP contribution in [-0.2, 0) is 9.53 Å². The van der Waals surface area contributed by atoms with Crippen LogP contribution in [-0.4, -0.2) is 23.7 Å². The van der Waals surface area contributed by atoms with Crippen LogP contribution in [0.15, 0.2) is 0 Å². The van der Waals surface area contributed by atoms with Crippen molar-refractivity contribution in [3.05, 3.63) is 0 Å². The van der Waals surface area contributed by atoms with Crippen LogP contribution in [0.5, 0.6) is 0 Å². The number of esters is 1. The maximum Gasteiger partial charge on any atom is 0.323 e. The lowest BCUT2D eigenvalue weighted by atomic mass is 9.77. The zero-order valence-electron chi connectivity index (χ0n) is 11.5. The number of hydrogen-bond donors (Lipinski definition) is 1. The van der Waals surface area contributed by atoms with E-state index >= 15 is 0 Å². The average Bonchev–Trinajstić information content (AvgIpc) is 2.28. The second-order valence-electron chi connectivity index (χ2n) is 6.72. The molecule has 4 heteroatoms. The van der Waals surface area contributed by atoms with E-state index in [-0.39, 0.29) is 23.5 Å². The van der Waals surface area contributed by atoms with E-state index in [1.807, 2.05) is 0 Å². The van der Waals surface area contributed by atoms with Crippen molar-refractivity contribution >= 4 is 5.97 Å². The van der Waals surface area contributed by atoms with Crippen molar-refractivity contribution < 1.29 is 9.53 Å². The summed E-state index contributed by atoms with van der Waals surface area (Å²) in [4.78, 5) is 12.0. The van der Waals surface area contributed by atoms with Crippen LogP contribution in [0.4, 0.5) is 0 Å². The summed E-state index contributed by atoms with van der Waals surface area (Å²) >= 11 is 0. The highest BCUT2D eigenvalue weighted by Crippen LogP contribution is 2.36. The zero-order valence-corrected chi connectivity index (χ0v) is 11.5. The van der Waals surface area contributed by atoms with Crippen LogP contribution in [0.2, 0.25) is 0 Å². The van der Waals surface area contributed by atoms with Gasteiger partial charge in [0.1, 0.15) is 17.7 Å². The number of carbonyl (C=O) groups excluding carboxylic acids is 1. The number of hydrogen-bond acceptors (Lipinski definition) is 4. The molecule has 0 radical (unpaired) electrons. The van der Waals surface area contributed by atoms with Crippen molar-refractivity contribution in [1.29, 1.82) is 5.26 Å². The molecule has 0 aromatic rings. The quantitative estimate of drug-likeness (QED) is 0.724. The van der Waals surface area contributed by atoms with Gasteiger partial charge in [-0.1, -0.05) is 27.2 Å². The lowest BCUT2D eigenvalue weighted by Gasteiger charge is -2.46. The molecule has 0 spiro atoms. The highest BCUT2D eigenvalue weighted by Gasteiger charge is 2.50. The minimum Gasteiger partial charge on any atom is -0.458 e. The standard InChI is InChI=1S/C14H22N2O2/c1-13(2,3)8-10-12(17)18-11-6-4-5-7-14(11,9-15)16-10/h10-11,16H,4-8H2,1-3H3/t10-,11-,14-/m0/s1. The van der Waals surface area contributed by atoms with Gasteiger partial charge >= 0.3 is 5.97 Å². The number of nitriles is 1. The number of rotatable bonds is 1. The zero-order chi connectivity index (χ0) is 13.4. The number of fused-ring (bicyclic) bond motifs is 1. The van der Waals surface area contributed by atoms with E-state index in [2.05, 4.69) is 32.2 Å². The molecule has 0 aromatic carbocycles. The van der Waals surface area contributed by atoms with E-state index in [0.29, 0.717) is 6.42 Å². The predicted octanol–water partition coefficient (Wildman–Crippen LogP) is 2.14. The second-order valence-corrected chi connectivity index (χ2v) is 6.72. The molecule has 0 unspecified atom stereocenters. The summed E-state index contributed by atoms with van der Waals surface area (Å²) in [6.45, 7) is 6.27. The molecular weight excluding hydrogens is 228 g/mol. The summed E-state index contributed by atoms with van der Waals surface area (Å²) in [7, 11) is 0. The van der Waals surface area contributed by atoms with Gasteiger partial charge in [0, 0.05) is 0 Å². The Morgan fingerprint density at radius 3 is 2.83 bits per heavy atom. The molecule has 2 aliphatic rings. The molecule has 0 amide bonds. The number of carbonyl (C=O) groups is 1. The fraction of sp³-hybridized carbons (Fsp3) is 0.857. The summed E-state index contributed by atoms with van der Waals surface area (Å²) < 4.78 is 5.52. The maximum absolute atomic E-state index is 12.0. The third kappa shape index (κ3) is 2.51. The van der Waals surface area contributed by atoms with E-state index in [4.69, 9.17) is 4.74 Å². The molecule has 1 saturated heterocycles. The number of ether oxygens (including phenoxy) is 1. The van der Waals surface area contributed by atoms with Gasteiger partial charge in [-0.3, -0.25) is 10.1 Å². The van der Waals surface area contributed by atoms with Crippen molar-refractivity contribution in [1.82, 2.24) is 5.32 Å². The van der Waals surface area contributed by atoms with Gasteiger partial charge in [0.2, 0.25) is 0 Å². The summed E-state index contributed by atoms with van der Waals surface area (Å²) in [5, 5.41) is 12.8. The first-order valence-electron chi connectivity index (χ1n) is 6.76. The Hall–Kier alpha value is -1.08. The van der Waals surface area contributed by atoms with Crippen LogP contribution >= 0.6 is 0 Å². The largest absolute Gasteiger partial charge is 0.458 e. The molecule has 2 rings (SSSR count). The third-order valence-electron chi connectivity index (χ3n) is 3.83. The fourth-order valence-corrected chi connectivity index (χ4v) is 2.96. The molecule has 4 nitrogen and oxygen atoms in total. The van der Waals surface area contributed by atoms with Crippen molar-refractivity contribution in [3.63, 3.8) is 0 Å². The van der Waals surface area contributed by atoms with Gasteiger partial charge in [-0.05, 0) is 31.1 Å². The van der Waals surface area contributed by atoms with Gasteiger partial charge in [-0.25, -0.2) is 0 Å². The Labute approximate surface area is 109 Å². The molecule has 0 bridgehead atoms. The molecule has 2 fully saturated rings. The van der Waals surface area contributed by atoms with Crippen molar-refractivity contribution in [3.8, 4) is 6.07 Å². The molecule has 100 valence electrons. The highest BCUT2D eigenvalue weighted by molar-refractivity contribution is 5.77. The first-order valence-corrected chi connectivity index (χ1v) is 6.76. The monoisotopic (exact) mass is 250 g/mol. The van der Waals surface area contributed by atoms with Gasteiger partial charge in [0.25, 0.3) is 0 Å². The summed E-state index contributed by atoms with van der Waals surface area (Å²) in [5.74, 6) is -0.192. The Kier molecular flexibility index (Phi) is 3.37. The molecule has 3 atom stereocenters. The normalized spacial score (nSPS) is 36.4. The molecule has 1 aliphatic carbocycles. The van der Waals surface area contributed by atoms with E-state index in [1.54, 1.807) is 0 Å². The molecule has 1 saturated carbocycles. The first-order chi connectivity index (χ1) is 8.36. The number of nitrogens with one attached hydrogen (secondary N) is 1. The minimum absolute atomic E-state index is 0.0365. The maximum atomic E-state index is 12.0. The van der Waals surface area contributed by atoms with E-state index in [9.17, 15) is 10.1 Å². The number of morpholine rings is 1. The van der Waals surface area contributed by atoms with E-state index in [0.717, 1.165) is 25.7 Å². The third-order valence-corrected chi connectivity index (χ3v) is 3.83. The summed E-state index contributed by atoms with van der Waals surface area (Å²) in [6.07, 6.45) is 4.07. The number of nitrogens with zero attached hydrogens (tertiary/aromatic N) is 1. The smallest absolute Gasteiger partial charge is 0.323 e. The van der Waals surface area contributed by atoms with Crippen molar-refractivity contribution in [2.45, 2.75) is 70.6 Å². The Balaban J connectivity index is 2.17. The fourth-order valence-electron chi connectivity index (χ4n) is 2.96.